The minimum atomic E-state index is -0.890. The van der Waals surface area contributed by atoms with E-state index in [1.807, 2.05) is 31.2 Å². The van der Waals surface area contributed by atoms with E-state index in [4.69, 9.17) is 5.11 Å². The number of rotatable bonds is 5. The van der Waals surface area contributed by atoms with Gasteiger partial charge in [-0.25, -0.2) is 0 Å². The lowest BCUT2D eigenvalue weighted by Gasteiger charge is -2.28. The SMILES string of the molecule is Cc1ccccc1N(CCC(=O)O)C(=O)C1CNCC1C. The van der Waals surface area contributed by atoms with Crippen molar-refractivity contribution in [2.45, 2.75) is 20.3 Å². The molecule has 0 aliphatic carbocycles. The Hall–Kier alpha value is -1.88. The summed E-state index contributed by atoms with van der Waals surface area (Å²) in [6.07, 6.45) is -0.0470. The fourth-order valence-corrected chi connectivity index (χ4v) is 2.76. The fourth-order valence-electron chi connectivity index (χ4n) is 2.76. The summed E-state index contributed by atoms with van der Waals surface area (Å²) < 4.78 is 0. The molecule has 2 rings (SSSR count). The molecule has 1 amide bonds. The molecule has 0 aromatic heterocycles. The van der Waals surface area contributed by atoms with Gasteiger partial charge in [-0.3, -0.25) is 9.59 Å². The molecule has 1 heterocycles. The Bertz CT molecular complexity index is 530. The van der Waals surface area contributed by atoms with Crippen LogP contribution in [0.25, 0.3) is 0 Å². The van der Waals surface area contributed by atoms with Crippen LogP contribution < -0.4 is 10.2 Å². The summed E-state index contributed by atoms with van der Waals surface area (Å²) in [7, 11) is 0. The zero-order valence-electron chi connectivity index (χ0n) is 12.5. The van der Waals surface area contributed by atoms with Crippen molar-refractivity contribution in [1.29, 1.82) is 0 Å². The molecule has 0 bridgehead atoms. The van der Waals surface area contributed by atoms with Crippen molar-refractivity contribution in [3.8, 4) is 0 Å². The third kappa shape index (κ3) is 3.61. The number of benzene rings is 1. The van der Waals surface area contributed by atoms with Crippen LogP contribution in [0.1, 0.15) is 18.9 Å². The van der Waals surface area contributed by atoms with E-state index >= 15 is 0 Å². The zero-order chi connectivity index (χ0) is 15.4. The van der Waals surface area contributed by atoms with Gasteiger partial charge in [-0.2, -0.15) is 0 Å². The molecule has 1 aromatic carbocycles. The quantitative estimate of drug-likeness (QED) is 0.865. The number of carbonyl (C=O) groups is 2. The van der Waals surface area contributed by atoms with Crippen LogP contribution in [0.5, 0.6) is 0 Å². The van der Waals surface area contributed by atoms with E-state index in [0.717, 1.165) is 17.8 Å². The molecule has 1 fully saturated rings. The predicted octanol–water partition coefficient (Wildman–Crippen LogP) is 1.66. The minimum Gasteiger partial charge on any atom is -0.481 e. The summed E-state index contributed by atoms with van der Waals surface area (Å²) in [6.45, 7) is 5.69. The lowest BCUT2D eigenvalue weighted by atomic mass is 9.96. The average Bonchev–Trinajstić information content (AvgIpc) is 2.86. The number of aryl methyl sites for hydroxylation is 1. The standard InChI is InChI=1S/C16H22N2O3/c1-11-5-3-4-6-14(11)18(8-7-15(19)20)16(21)13-10-17-9-12(13)2/h3-6,12-13,17H,7-10H2,1-2H3,(H,19,20). The number of hydrogen-bond acceptors (Lipinski definition) is 3. The number of para-hydroxylation sites is 1. The smallest absolute Gasteiger partial charge is 0.305 e. The maximum Gasteiger partial charge on any atom is 0.305 e. The molecule has 5 heteroatoms. The molecule has 0 spiro atoms. The third-order valence-electron chi connectivity index (χ3n) is 4.06. The number of carbonyl (C=O) groups excluding carboxylic acids is 1. The van der Waals surface area contributed by atoms with Gasteiger partial charge in [-0.05, 0) is 31.0 Å². The Kier molecular flexibility index (Phi) is 4.96. The summed E-state index contributed by atoms with van der Waals surface area (Å²) in [4.78, 5) is 25.3. The van der Waals surface area contributed by atoms with Crippen molar-refractivity contribution in [2.75, 3.05) is 24.5 Å². The number of anilines is 1. The van der Waals surface area contributed by atoms with Crippen LogP contribution in [-0.4, -0.2) is 36.6 Å². The summed E-state index contributed by atoms with van der Waals surface area (Å²) in [5, 5.41) is 12.2. The summed E-state index contributed by atoms with van der Waals surface area (Å²) in [6, 6.07) is 7.60. The number of aliphatic carboxylic acids is 1. The van der Waals surface area contributed by atoms with Gasteiger partial charge in [0.15, 0.2) is 0 Å². The van der Waals surface area contributed by atoms with Crippen LogP contribution >= 0.6 is 0 Å². The molecule has 5 nitrogen and oxygen atoms in total. The summed E-state index contributed by atoms with van der Waals surface area (Å²) in [5.74, 6) is -0.686. The molecule has 1 aromatic rings. The van der Waals surface area contributed by atoms with Gasteiger partial charge in [-0.15, -0.1) is 0 Å². The van der Waals surface area contributed by atoms with Crippen LogP contribution in [0.15, 0.2) is 24.3 Å². The van der Waals surface area contributed by atoms with Crippen LogP contribution in [0, 0.1) is 18.8 Å². The number of carboxylic acid groups (broad SMARTS) is 1. The van der Waals surface area contributed by atoms with Crippen molar-refractivity contribution >= 4 is 17.6 Å². The van der Waals surface area contributed by atoms with E-state index in [2.05, 4.69) is 12.2 Å². The lowest BCUT2D eigenvalue weighted by molar-refractivity contribution is -0.136. The van der Waals surface area contributed by atoms with Gasteiger partial charge in [0.05, 0.1) is 12.3 Å². The van der Waals surface area contributed by atoms with Gasteiger partial charge in [0.1, 0.15) is 0 Å². The largest absolute Gasteiger partial charge is 0.481 e. The summed E-state index contributed by atoms with van der Waals surface area (Å²) >= 11 is 0. The number of nitrogens with one attached hydrogen (secondary N) is 1. The Morgan fingerprint density at radius 1 is 1.33 bits per heavy atom. The molecule has 21 heavy (non-hydrogen) atoms. The van der Waals surface area contributed by atoms with E-state index in [1.54, 1.807) is 4.90 Å². The average molecular weight is 290 g/mol. The molecule has 1 aliphatic heterocycles. The molecule has 2 unspecified atom stereocenters. The molecule has 0 saturated carbocycles. The lowest BCUT2D eigenvalue weighted by Crippen LogP contribution is -2.40. The number of amides is 1. The summed E-state index contributed by atoms with van der Waals surface area (Å²) in [5.41, 5.74) is 1.79. The Balaban J connectivity index is 2.25. The molecular formula is C16H22N2O3. The first-order chi connectivity index (χ1) is 10.0. The topological polar surface area (TPSA) is 69.6 Å². The predicted molar refractivity (Wildman–Crippen MR) is 81.3 cm³/mol. The molecule has 2 atom stereocenters. The molecule has 1 saturated heterocycles. The van der Waals surface area contributed by atoms with Crippen LogP contribution in [-0.2, 0) is 9.59 Å². The molecule has 2 N–H and O–H groups in total. The number of nitrogens with zero attached hydrogens (tertiary/aromatic N) is 1. The van der Waals surface area contributed by atoms with Crippen LogP contribution in [0.3, 0.4) is 0 Å². The van der Waals surface area contributed by atoms with Gasteiger partial charge in [0.25, 0.3) is 0 Å². The van der Waals surface area contributed by atoms with Crippen molar-refractivity contribution < 1.29 is 14.7 Å². The molecule has 114 valence electrons. The number of carboxylic acids is 1. The van der Waals surface area contributed by atoms with E-state index in [1.165, 1.54) is 0 Å². The highest BCUT2D eigenvalue weighted by Crippen LogP contribution is 2.25. The van der Waals surface area contributed by atoms with Crippen molar-refractivity contribution in [3.63, 3.8) is 0 Å². The first-order valence-corrected chi connectivity index (χ1v) is 7.30. The van der Waals surface area contributed by atoms with Gasteiger partial charge < -0.3 is 15.3 Å². The second-order valence-electron chi connectivity index (χ2n) is 5.66. The highest BCUT2D eigenvalue weighted by molar-refractivity contribution is 5.96. The van der Waals surface area contributed by atoms with E-state index in [-0.39, 0.29) is 30.7 Å². The van der Waals surface area contributed by atoms with Gasteiger partial charge in [-0.1, -0.05) is 25.1 Å². The van der Waals surface area contributed by atoms with Crippen molar-refractivity contribution in [3.05, 3.63) is 29.8 Å². The maximum atomic E-state index is 12.8. The molecule has 1 aliphatic rings. The van der Waals surface area contributed by atoms with E-state index in [0.29, 0.717) is 6.54 Å². The minimum absolute atomic E-state index is 0.0167. The van der Waals surface area contributed by atoms with E-state index < -0.39 is 5.97 Å². The van der Waals surface area contributed by atoms with Gasteiger partial charge in [0.2, 0.25) is 5.91 Å². The molecular weight excluding hydrogens is 268 g/mol. The maximum absolute atomic E-state index is 12.8. The second kappa shape index (κ2) is 6.72. The highest BCUT2D eigenvalue weighted by Gasteiger charge is 2.33. The van der Waals surface area contributed by atoms with Gasteiger partial charge >= 0.3 is 5.97 Å². The Morgan fingerprint density at radius 3 is 2.62 bits per heavy atom. The molecule has 0 radical (unpaired) electrons. The normalized spacial score (nSPS) is 21.2. The van der Waals surface area contributed by atoms with Crippen molar-refractivity contribution in [2.24, 2.45) is 11.8 Å². The third-order valence-corrected chi connectivity index (χ3v) is 4.06. The van der Waals surface area contributed by atoms with Crippen molar-refractivity contribution in [1.82, 2.24) is 5.32 Å². The van der Waals surface area contributed by atoms with Crippen LogP contribution in [0.2, 0.25) is 0 Å². The zero-order valence-corrected chi connectivity index (χ0v) is 12.5. The fraction of sp³-hybridized carbons (Fsp3) is 0.500. The van der Waals surface area contributed by atoms with Gasteiger partial charge in [0, 0.05) is 18.8 Å². The Labute approximate surface area is 125 Å². The number of hydrogen-bond donors (Lipinski definition) is 2. The first kappa shape index (κ1) is 15.5. The monoisotopic (exact) mass is 290 g/mol. The highest BCUT2D eigenvalue weighted by atomic mass is 16.4. The van der Waals surface area contributed by atoms with Crippen LogP contribution in [0.4, 0.5) is 5.69 Å². The first-order valence-electron chi connectivity index (χ1n) is 7.30. The second-order valence-corrected chi connectivity index (χ2v) is 5.66. The van der Waals surface area contributed by atoms with E-state index in [9.17, 15) is 9.59 Å². The Morgan fingerprint density at radius 2 is 2.05 bits per heavy atom.